The van der Waals surface area contributed by atoms with Gasteiger partial charge in [0, 0.05) is 37.5 Å². The summed E-state index contributed by atoms with van der Waals surface area (Å²) in [5.41, 5.74) is 3.10. The third-order valence-electron chi connectivity index (χ3n) is 8.35. The lowest BCUT2D eigenvalue weighted by Gasteiger charge is -2.34. The Balaban J connectivity index is 1.43. The van der Waals surface area contributed by atoms with Gasteiger partial charge in [-0.15, -0.1) is 0 Å². The van der Waals surface area contributed by atoms with Crippen molar-refractivity contribution in [1.29, 1.82) is 0 Å². The normalized spacial score (nSPS) is 22.6. The van der Waals surface area contributed by atoms with E-state index in [9.17, 15) is 31.5 Å². The van der Waals surface area contributed by atoms with Crippen LogP contribution in [0.5, 0.6) is 0 Å². The van der Waals surface area contributed by atoms with Gasteiger partial charge in [0.1, 0.15) is 0 Å². The third-order valence-corrected chi connectivity index (χ3v) is 10.1. The van der Waals surface area contributed by atoms with E-state index in [4.69, 9.17) is 0 Å². The van der Waals surface area contributed by atoms with E-state index >= 15 is 0 Å². The highest BCUT2D eigenvalue weighted by Crippen LogP contribution is 2.42. The lowest BCUT2D eigenvalue weighted by Crippen LogP contribution is -2.33. The predicted molar refractivity (Wildman–Crippen MR) is 145 cm³/mol. The highest BCUT2D eigenvalue weighted by Gasteiger charge is 2.42. The van der Waals surface area contributed by atoms with Crippen molar-refractivity contribution >= 4 is 15.7 Å². The molecule has 0 radical (unpaired) electrons. The monoisotopic (exact) mass is 581 g/mol. The topological polar surface area (TPSA) is 99.6 Å². The smallest absolute Gasteiger partial charge is 0.391 e. The number of pyridine rings is 1. The van der Waals surface area contributed by atoms with E-state index < -0.39 is 28.0 Å². The summed E-state index contributed by atoms with van der Waals surface area (Å²) in [6.45, 7) is 4.84. The van der Waals surface area contributed by atoms with Crippen LogP contribution in [0.15, 0.2) is 41.4 Å². The molecule has 7 nitrogen and oxygen atoms in total. The molecule has 40 heavy (non-hydrogen) atoms. The van der Waals surface area contributed by atoms with E-state index in [1.165, 1.54) is 12.3 Å². The van der Waals surface area contributed by atoms with Crippen LogP contribution < -0.4 is 5.32 Å². The van der Waals surface area contributed by atoms with E-state index in [1.807, 2.05) is 12.1 Å². The molecule has 2 atom stereocenters. The van der Waals surface area contributed by atoms with Gasteiger partial charge >= 0.3 is 6.18 Å². The fraction of sp³-hybridized carbons (Fsp3) is 0.586. The van der Waals surface area contributed by atoms with Gasteiger partial charge in [-0.25, -0.2) is 8.42 Å². The van der Waals surface area contributed by atoms with Crippen molar-refractivity contribution in [3.8, 4) is 0 Å². The molecule has 1 aromatic carbocycles. The van der Waals surface area contributed by atoms with Gasteiger partial charge in [-0.1, -0.05) is 19.9 Å². The summed E-state index contributed by atoms with van der Waals surface area (Å²) >= 11 is 0. The van der Waals surface area contributed by atoms with Crippen molar-refractivity contribution in [2.45, 2.75) is 82.1 Å². The first-order valence-electron chi connectivity index (χ1n) is 14.0. The van der Waals surface area contributed by atoms with Crippen LogP contribution in [0.25, 0.3) is 0 Å². The zero-order chi connectivity index (χ0) is 29.1. The van der Waals surface area contributed by atoms with Gasteiger partial charge in [0.25, 0.3) is 5.91 Å². The molecule has 0 bridgehead atoms. The summed E-state index contributed by atoms with van der Waals surface area (Å²) < 4.78 is 63.4. The second-order valence-corrected chi connectivity index (χ2v) is 13.2. The summed E-state index contributed by atoms with van der Waals surface area (Å²) in [7, 11) is -3.40. The first-order valence-corrected chi connectivity index (χ1v) is 15.7. The first-order chi connectivity index (χ1) is 19.0. The number of carbonyl (C=O) groups is 1. The maximum atomic E-state index is 13.2. The number of rotatable bonds is 10. The number of nitrogens with zero attached hydrogens (tertiary/aromatic N) is 2. The first kappa shape index (κ1) is 30.5. The number of benzene rings is 1. The molecule has 11 heteroatoms. The second-order valence-electron chi connectivity index (χ2n) is 10.9. The van der Waals surface area contributed by atoms with Crippen LogP contribution in [-0.4, -0.2) is 54.4 Å². The summed E-state index contributed by atoms with van der Waals surface area (Å²) in [4.78, 5) is 19.9. The molecular weight excluding hydrogens is 543 g/mol. The zero-order valence-corrected chi connectivity index (χ0v) is 23.8. The van der Waals surface area contributed by atoms with Gasteiger partial charge in [-0.2, -0.15) is 13.2 Å². The molecule has 2 aliphatic rings. The van der Waals surface area contributed by atoms with Crippen molar-refractivity contribution in [1.82, 2.24) is 15.2 Å². The minimum absolute atomic E-state index is 0.0430. The number of sulfone groups is 1. The van der Waals surface area contributed by atoms with Crippen LogP contribution in [0.3, 0.4) is 0 Å². The third kappa shape index (κ3) is 6.86. The van der Waals surface area contributed by atoms with E-state index in [-0.39, 0.29) is 54.4 Å². The Morgan fingerprint density at radius 3 is 2.45 bits per heavy atom. The van der Waals surface area contributed by atoms with Crippen LogP contribution >= 0.6 is 0 Å². The molecule has 2 N–H and O–H groups in total. The number of fused-ring (bicyclic) bond motifs is 1. The maximum absolute atomic E-state index is 13.2. The number of aliphatic hydroxyl groups is 1. The van der Waals surface area contributed by atoms with Crippen LogP contribution in [0.1, 0.15) is 91.6 Å². The van der Waals surface area contributed by atoms with E-state index in [1.54, 1.807) is 19.1 Å². The quantitative estimate of drug-likeness (QED) is 0.392. The van der Waals surface area contributed by atoms with Gasteiger partial charge in [0.2, 0.25) is 0 Å². The molecule has 4 rings (SSSR count). The Labute approximate surface area is 234 Å². The number of aromatic nitrogens is 1. The summed E-state index contributed by atoms with van der Waals surface area (Å²) in [5.74, 6) is -1.33. The number of hydrogen-bond acceptors (Lipinski definition) is 6. The summed E-state index contributed by atoms with van der Waals surface area (Å²) in [6.07, 6.45) is -0.220. The largest absolute Gasteiger partial charge is 0.396 e. The number of halogens is 3. The number of aliphatic hydroxyl groups excluding tert-OH is 1. The van der Waals surface area contributed by atoms with Crippen LogP contribution in [-0.2, 0) is 16.4 Å². The second kappa shape index (κ2) is 12.6. The van der Waals surface area contributed by atoms with Gasteiger partial charge in [-0.05, 0) is 79.8 Å². The van der Waals surface area contributed by atoms with Gasteiger partial charge in [-0.3, -0.25) is 14.7 Å². The standard InChI is InChI=1S/C29H38F3N3O4S/c1-3-27-24-11-7-20(15-21(24)18-35(27)17-19-5-8-22(9-6-19)29(30,31)32)28(37)34-26(13-14-36)25-12-10-23(16-33-25)40(38,39)4-2/h7,10-12,15-16,19,22,26-27,36H,3-6,8-9,13-14,17-18H2,1-2H3,(H,34,37)/t19-,22-,26-,27+/m0/s1. The van der Waals surface area contributed by atoms with E-state index in [2.05, 4.69) is 22.1 Å². The molecule has 2 heterocycles. The Hall–Kier alpha value is -2.50. The molecule has 1 saturated carbocycles. The maximum Gasteiger partial charge on any atom is 0.391 e. The SMILES string of the molecule is CC[C@@H]1c2ccc(C(=O)N[C@@H](CCO)c3ccc(S(=O)(=O)CC)cn3)cc2CN1C[C@H]1CC[C@H](C(F)(F)F)CC1. The van der Waals surface area contributed by atoms with Gasteiger partial charge in [0.05, 0.1) is 28.3 Å². The van der Waals surface area contributed by atoms with Gasteiger partial charge < -0.3 is 10.4 Å². The van der Waals surface area contributed by atoms with E-state index in [0.717, 1.165) is 24.1 Å². The highest BCUT2D eigenvalue weighted by atomic mass is 32.2. The Morgan fingerprint density at radius 2 is 1.88 bits per heavy atom. The molecule has 1 amide bonds. The van der Waals surface area contributed by atoms with Crippen molar-refractivity contribution < 1.29 is 31.5 Å². The molecule has 1 aliphatic heterocycles. The van der Waals surface area contributed by atoms with Gasteiger partial charge in [0.15, 0.2) is 9.84 Å². The van der Waals surface area contributed by atoms with Crippen LogP contribution in [0.2, 0.25) is 0 Å². The number of alkyl halides is 3. The number of carbonyl (C=O) groups excluding carboxylic acids is 1. The van der Waals surface area contributed by atoms with Crippen LogP contribution in [0.4, 0.5) is 13.2 Å². The summed E-state index contributed by atoms with van der Waals surface area (Å²) in [5, 5.41) is 12.5. The lowest BCUT2D eigenvalue weighted by molar-refractivity contribution is -0.184. The van der Waals surface area contributed by atoms with Crippen molar-refractivity contribution in [3.63, 3.8) is 0 Å². The van der Waals surface area contributed by atoms with Crippen molar-refractivity contribution in [2.24, 2.45) is 11.8 Å². The molecule has 1 aliphatic carbocycles. The number of hydrogen-bond donors (Lipinski definition) is 2. The predicted octanol–water partition coefficient (Wildman–Crippen LogP) is 5.36. The highest BCUT2D eigenvalue weighted by molar-refractivity contribution is 7.91. The molecule has 220 valence electrons. The number of nitrogens with one attached hydrogen (secondary N) is 1. The molecule has 0 spiro atoms. The molecule has 1 aromatic heterocycles. The Morgan fingerprint density at radius 1 is 1.15 bits per heavy atom. The molecule has 0 saturated heterocycles. The lowest BCUT2D eigenvalue weighted by atomic mass is 9.81. The average molecular weight is 582 g/mol. The Bertz CT molecular complexity index is 1280. The summed E-state index contributed by atoms with van der Waals surface area (Å²) in [6, 6.07) is 8.18. The molecule has 1 fully saturated rings. The Kier molecular flexibility index (Phi) is 9.57. The van der Waals surface area contributed by atoms with Crippen molar-refractivity contribution in [3.05, 3.63) is 58.9 Å². The fourth-order valence-corrected chi connectivity index (χ4v) is 6.84. The zero-order valence-electron chi connectivity index (χ0n) is 23.0. The van der Waals surface area contributed by atoms with Crippen LogP contribution in [0, 0.1) is 11.8 Å². The minimum atomic E-state index is -4.11. The molecular formula is C29H38F3N3O4S. The fourth-order valence-electron chi connectivity index (χ4n) is 6.02. The van der Waals surface area contributed by atoms with Crippen molar-refractivity contribution in [2.75, 3.05) is 18.9 Å². The number of amides is 1. The molecule has 2 aromatic rings. The minimum Gasteiger partial charge on any atom is -0.396 e. The van der Waals surface area contributed by atoms with E-state index in [0.29, 0.717) is 30.6 Å². The average Bonchev–Trinajstić information content (AvgIpc) is 3.28. The molecule has 0 unspecified atom stereocenters.